The quantitative estimate of drug-likeness (QED) is 0.615. The van der Waals surface area contributed by atoms with Gasteiger partial charge in [0.05, 0.1) is 22.8 Å². The third kappa shape index (κ3) is 4.49. The van der Waals surface area contributed by atoms with E-state index in [1.807, 2.05) is 6.07 Å². The fourth-order valence-corrected chi connectivity index (χ4v) is 3.23. The summed E-state index contributed by atoms with van der Waals surface area (Å²) in [6.45, 7) is 4.16. The Hall–Kier alpha value is -2.80. The molecule has 140 valence electrons. The Labute approximate surface area is 165 Å². The van der Waals surface area contributed by atoms with Crippen molar-refractivity contribution in [3.05, 3.63) is 81.1 Å². The first kappa shape index (κ1) is 19.0. The number of rotatable bonds is 6. The SMILES string of the molecule is Cc1oc(C)c(C(=O)NCc2cccc(C(=O)NCc3ccco3)c2)c1Br. The van der Waals surface area contributed by atoms with Crippen LogP contribution in [0.5, 0.6) is 0 Å². The normalized spacial score (nSPS) is 10.6. The van der Waals surface area contributed by atoms with E-state index in [0.29, 0.717) is 46.0 Å². The van der Waals surface area contributed by atoms with Gasteiger partial charge in [-0.15, -0.1) is 0 Å². The summed E-state index contributed by atoms with van der Waals surface area (Å²) in [7, 11) is 0. The van der Waals surface area contributed by atoms with Crippen molar-refractivity contribution in [1.29, 1.82) is 0 Å². The van der Waals surface area contributed by atoms with Gasteiger partial charge >= 0.3 is 0 Å². The second-order valence-electron chi connectivity index (χ2n) is 6.05. The molecule has 0 atom stereocenters. The summed E-state index contributed by atoms with van der Waals surface area (Å²) in [6, 6.07) is 10.7. The molecule has 0 bridgehead atoms. The summed E-state index contributed by atoms with van der Waals surface area (Å²) in [5, 5.41) is 5.65. The Balaban J connectivity index is 1.62. The maximum Gasteiger partial charge on any atom is 0.256 e. The lowest BCUT2D eigenvalue weighted by Crippen LogP contribution is -2.24. The number of benzene rings is 1. The van der Waals surface area contributed by atoms with Crippen LogP contribution in [0, 0.1) is 13.8 Å². The fourth-order valence-electron chi connectivity index (χ4n) is 2.69. The van der Waals surface area contributed by atoms with E-state index in [1.165, 1.54) is 0 Å². The fraction of sp³-hybridized carbons (Fsp3) is 0.200. The van der Waals surface area contributed by atoms with Crippen LogP contribution in [0.3, 0.4) is 0 Å². The summed E-state index contributed by atoms with van der Waals surface area (Å²) in [4.78, 5) is 24.7. The first-order chi connectivity index (χ1) is 13.0. The highest BCUT2D eigenvalue weighted by atomic mass is 79.9. The van der Waals surface area contributed by atoms with E-state index in [0.717, 1.165) is 5.56 Å². The lowest BCUT2D eigenvalue weighted by molar-refractivity contribution is 0.0942. The van der Waals surface area contributed by atoms with Crippen LogP contribution in [0.15, 0.2) is 56.0 Å². The summed E-state index contributed by atoms with van der Waals surface area (Å²) in [5.41, 5.74) is 1.83. The number of halogens is 1. The highest BCUT2D eigenvalue weighted by Gasteiger charge is 2.19. The lowest BCUT2D eigenvalue weighted by atomic mass is 10.1. The molecule has 0 spiro atoms. The maximum atomic E-state index is 12.4. The van der Waals surface area contributed by atoms with Gasteiger partial charge in [0.25, 0.3) is 11.8 Å². The molecule has 0 aliphatic carbocycles. The van der Waals surface area contributed by atoms with Crippen molar-refractivity contribution in [2.24, 2.45) is 0 Å². The zero-order valence-electron chi connectivity index (χ0n) is 15.0. The zero-order chi connectivity index (χ0) is 19.4. The van der Waals surface area contributed by atoms with Gasteiger partial charge in [-0.2, -0.15) is 0 Å². The number of amides is 2. The third-order valence-electron chi connectivity index (χ3n) is 4.06. The molecule has 2 heterocycles. The van der Waals surface area contributed by atoms with Crippen molar-refractivity contribution in [3.8, 4) is 0 Å². The molecule has 7 heteroatoms. The molecule has 3 aromatic rings. The average molecular weight is 431 g/mol. The molecule has 27 heavy (non-hydrogen) atoms. The molecule has 2 N–H and O–H groups in total. The van der Waals surface area contributed by atoms with Gasteiger partial charge in [-0.05, 0) is 59.6 Å². The summed E-state index contributed by atoms with van der Waals surface area (Å²) >= 11 is 3.38. The Morgan fingerprint density at radius 2 is 1.78 bits per heavy atom. The largest absolute Gasteiger partial charge is 0.467 e. The highest BCUT2D eigenvalue weighted by Crippen LogP contribution is 2.27. The van der Waals surface area contributed by atoms with Crippen molar-refractivity contribution in [3.63, 3.8) is 0 Å². The molecule has 2 aromatic heterocycles. The van der Waals surface area contributed by atoms with Crippen molar-refractivity contribution < 1.29 is 18.4 Å². The van der Waals surface area contributed by atoms with E-state index in [2.05, 4.69) is 26.6 Å². The molecule has 0 aliphatic heterocycles. The molecule has 1 aromatic carbocycles. The van der Waals surface area contributed by atoms with Crippen molar-refractivity contribution >= 4 is 27.7 Å². The van der Waals surface area contributed by atoms with E-state index in [1.54, 1.807) is 50.4 Å². The van der Waals surface area contributed by atoms with Crippen LogP contribution in [0.1, 0.15) is 43.6 Å². The van der Waals surface area contributed by atoms with Crippen molar-refractivity contribution in [2.75, 3.05) is 0 Å². The van der Waals surface area contributed by atoms with Crippen LogP contribution in [0.4, 0.5) is 0 Å². The maximum absolute atomic E-state index is 12.4. The molecule has 0 saturated heterocycles. The van der Waals surface area contributed by atoms with E-state index in [-0.39, 0.29) is 11.8 Å². The number of carbonyl (C=O) groups is 2. The Kier molecular flexibility index (Phi) is 5.81. The van der Waals surface area contributed by atoms with Gasteiger partial charge in [-0.3, -0.25) is 9.59 Å². The molecule has 3 rings (SSSR count). The van der Waals surface area contributed by atoms with Crippen molar-refractivity contribution in [1.82, 2.24) is 10.6 Å². The Morgan fingerprint density at radius 1 is 1.00 bits per heavy atom. The second kappa shape index (κ2) is 8.26. The molecule has 0 aliphatic rings. The van der Waals surface area contributed by atoms with Crippen LogP contribution in [-0.4, -0.2) is 11.8 Å². The van der Waals surface area contributed by atoms with Gasteiger partial charge in [0.15, 0.2) is 0 Å². The van der Waals surface area contributed by atoms with Crippen LogP contribution < -0.4 is 10.6 Å². The number of hydrogen-bond donors (Lipinski definition) is 2. The number of carbonyl (C=O) groups excluding carboxylic acids is 2. The van der Waals surface area contributed by atoms with Gasteiger partial charge < -0.3 is 19.5 Å². The number of aryl methyl sites for hydroxylation is 2. The lowest BCUT2D eigenvalue weighted by Gasteiger charge is -2.08. The number of hydrogen-bond acceptors (Lipinski definition) is 4. The zero-order valence-corrected chi connectivity index (χ0v) is 16.6. The molecule has 0 saturated carbocycles. The van der Waals surface area contributed by atoms with Crippen LogP contribution in [0.2, 0.25) is 0 Å². The van der Waals surface area contributed by atoms with Gasteiger partial charge in [0.1, 0.15) is 17.3 Å². The summed E-state index contributed by atoms with van der Waals surface area (Å²) < 4.78 is 11.3. The average Bonchev–Trinajstić information content (AvgIpc) is 3.26. The minimum atomic E-state index is -0.233. The smallest absolute Gasteiger partial charge is 0.256 e. The molecular weight excluding hydrogens is 412 g/mol. The molecule has 0 unspecified atom stereocenters. The van der Waals surface area contributed by atoms with Gasteiger partial charge in [0, 0.05) is 12.1 Å². The van der Waals surface area contributed by atoms with Crippen LogP contribution >= 0.6 is 15.9 Å². The summed E-state index contributed by atoms with van der Waals surface area (Å²) in [6.07, 6.45) is 1.56. The first-order valence-corrected chi connectivity index (χ1v) is 9.18. The monoisotopic (exact) mass is 430 g/mol. The molecular formula is C20H19BrN2O4. The number of nitrogens with one attached hydrogen (secondary N) is 2. The highest BCUT2D eigenvalue weighted by molar-refractivity contribution is 9.10. The Bertz CT molecular complexity index is 961. The topological polar surface area (TPSA) is 84.5 Å². The second-order valence-corrected chi connectivity index (χ2v) is 6.84. The van der Waals surface area contributed by atoms with Crippen molar-refractivity contribution in [2.45, 2.75) is 26.9 Å². The van der Waals surface area contributed by atoms with E-state index < -0.39 is 0 Å². The first-order valence-electron chi connectivity index (χ1n) is 8.39. The van der Waals surface area contributed by atoms with E-state index in [9.17, 15) is 9.59 Å². The van der Waals surface area contributed by atoms with Gasteiger partial charge in [0.2, 0.25) is 0 Å². The minimum Gasteiger partial charge on any atom is -0.467 e. The van der Waals surface area contributed by atoms with E-state index >= 15 is 0 Å². The summed E-state index contributed by atoms with van der Waals surface area (Å²) in [5.74, 6) is 1.46. The van der Waals surface area contributed by atoms with Crippen LogP contribution in [0.25, 0.3) is 0 Å². The predicted molar refractivity (Wildman–Crippen MR) is 103 cm³/mol. The van der Waals surface area contributed by atoms with Gasteiger partial charge in [-0.1, -0.05) is 12.1 Å². The van der Waals surface area contributed by atoms with E-state index in [4.69, 9.17) is 8.83 Å². The predicted octanol–water partition coefficient (Wildman–Crippen LogP) is 4.11. The molecule has 0 radical (unpaired) electrons. The standard InChI is InChI=1S/C20H19BrN2O4/c1-12-17(18(21)13(2)27-12)20(25)22-10-14-5-3-6-15(9-14)19(24)23-11-16-7-4-8-26-16/h3-9H,10-11H2,1-2H3,(H,22,25)(H,23,24). The molecule has 0 fully saturated rings. The Morgan fingerprint density at radius 3 is 2.44 bits per heavy atom. The molecule has 2 amide bonds. The third-order valence-corrected chi connectivity index (χ3v) is 5.01. The van der Waals surface area contributed by atoms with Crippen LogP contribution in [-0.2, 0) is 13.1 Å². The number of furan rings is 2. The minimum absolute atomic E-state index is 0.205. The van der Waals surface area contributed by atoms with Gasteiger partial charge in [-0.25, -0.2) is 0 Å². The molecule has 6 nitrogen and oxygen atoms in total.